The summed E-state index contributed by atoms with van der Waals surface area (Å²) in [6, 6.07) is 19.4. The first kappa shape index (κ1) is 14.2. The van der Waals surface area contributed by atoms with Crippen molar-refractivity contribution >= 4 is 0 Å². The topological polar surface area (TPSA) is 21.3 Å². The first-order valence-electron chi connectivity index (χ1n) is 7.89. The van der Waals surface area contributed by atoms with Gasteiger partial charge in [0.25, 0.3) is 0 Å². The Labute approximate surface area is 127 Å². The van der Waals surface area contributed by atoms with Crippen molar-refractivity contribution in [3.63, 3.8) is 0 Å². The molecule has 2 nitrogen and oxygen atoms in total. The molecule has 2 heteroatoms. The number of rotatable bonds is 6. The number of hydrogen-bond acceptors (Lipinski definition) is 2. The maximum Gasteiger partial charge on any atom is 0.120 e. The van der Waals surface area contributed by atoms with Gasteiger partial charge < -0.3 is 10.1 Å². The van der Waals surface area contributed by atoms with Crippen molar-refractivity contribution < 1.29 is 4.74 Å². The van der Waals surface area contributed by atoms with Gasteiger partial charge in [-0.2, -0.15) is 0 Å². The Balaban J connectivity index is 1.52. The monoisotopic (exact) mass is 281 g/mol. The van der Waals surface area contributed by atoms with Crippen LogP contribution in [-0.2, 0) is 13.2 Å². The summed E-state index contributed by atoms with van der Waals surface area (Å²) in [5.74, 6) is 0.949. The van der Waals surface area contributed by atoms with Crippen LogP contribution in [0.15, 0.2) is 54.6 Å². The Kier molecular flexibility index (Phi) is 4.90. The second-order valence-electron chi connectivity index (χ2n) is 5.78. The summed E-state index contributed by atoms with van der Waals surface area (Å²) in [5, 5.41) is 3.64. The van der Waals surface area contributed by atoms with Crippen molar-refractivity contribution in [2.24, 2.45) is 0 Å². The van der Waals surface area contributed by atoms with Crippen LogP contribution in [0.3, 0.4) is 0 Å². The standard InChI is InChI=1S/C19H23NO/c1-2-7-16(8-3-1)15-21-19-12-6-9-17(13-19)14-20-18-10-4-5-11-18/h1-3,6-9,12-13,18,20H,4-5,10-11,14-15H2. The maximum atomic E-state index is 5.88. The molecular weight excluding hydrogens is 258 g/mol. The van der Waals surface area contributed by atoms with Crippen LogP contribution in [0.2, 0.25) is 0 Å². The Morgan fingerprint density at radius 3 is 2.48 bits per heavy atom. The second kappa shape index (κ2) is 7.28. The van der Waals surface area contributed by atoms with Gasteiger partial charge in [0.2, 0.25) is 0 Å². The van der Waals surface area contributed by atoms with E-state index in [9.17, 15) is 0 Å². The van der Waals surface area contributed by atoms with Gasteiger partial charge in [-0.15, -0.1) is 0 Å². The molecule has 21 heavy (non-hydrogen) atoms. The molecule has 0 spiro atoms. The van der Waals surface area contributed by atoms with Gasteiger partial charge >= 0.3 is 0 Å². The zero-order valence-electron chi connectivity index (χ0n) is 12.4. The molecule has 110 valence electrons. The molecule has 1 saturated carbocycles. The Morgan fingerprint density at radius 2 is 1.67 bits per heavy atom. The molecule has 2 aromatic carbocycles. The van der Waals surface area contributed by atoms with Gasteiger partial charge in [-0.25, -0.2) is 0 Å². The van der Waals surface area contributed by atoms with E-state index in [1.807, 2.05) is 24.3 Å². The fourth-order valence-corrected chi connectivity index (χ4v) is 2.88. The van der Waals surface area contributed by atoms with E-state index in [1.54, 1.807) is 0 Å². The van der Waals surface area contributed by atoms with Crippen molar-refractivity contribution in [1.29, 1.82) is 0 Å². The lowest BCUT2D eigenvalue weighted by atomic mass is 10.2. The van der Waals surface area contributed by atoms with Crippen LogP contribution < -0.4 is 10.1 Å². The van der Waals surface area contributed by atoms with Crippen molar-refractivity contribution in [3.05, 3.63) is 65.7 Å². The smallest absolute Gasteiger partial charge is 0.120 e. The largest absolute Gasteiger partial charge is 0.489 e. The minimum atomic E-state index is 0.625. The molecule has 0 amide bonds. The summed E-state index contributed by atoms with van der Waals surface area (Å²) in [4.78, 5) is 0. The van der Waals surface area contributed by atoms with E-state index >= 15 is 0 Å². The molecular formula is C19H23NO. The highest BCUT2D eigenvalue weighted by molar-refractivity contribution is 5.29. The molecule has 0 aromatic heterocycles. The molecule has 1 fully saturated rings. The number of nitrogens with one attached hydrogen (secondary N) is 1. The second-order valence-corrected chi connectivity index (χ2v) is 5.78. The summed E-state index contributed by atoms with van der Waals surface area (Å²) in [5.41, 5.74) is 2.50. The molecule has 1 aliphatic rings. The van der Waals surface area contributed by atoms with E-state index in [1.165, 1.54) is 36.8 Å². The zero-order valence-corrected chi connectivity index (χ0v) is 12.4. The molecule has 0 saturated heterocycles. The minimum absolute atomic E-state index is 0.625. The molecule has 1 aliphatic carbocycles. The average Bonchev–Trinajstić information content (AvgIpc) is 3.06. The Morgan fingerprint density at radius 1 is 0.905 bits per heavy atom. The normalized spacial score (nSPS) is 15.2. The third-order valence-electron chi connectivity index (χ3n) is 4.10. The van der Waals surface area contributed by atoms with Crippen LogP contribution in [0.5, 0.6) is 5.75 Å². The lowest BCUT2D eigenvalue weighted by molar-refractivity contribution is 0.306. The molecule has 0 aliphatic heterocycles. The summed E-state index contributed by atoms with van der Waals surface area (Å²) in [6.07, 6.45) is 5.39. The zero-order chi connectivity index (χ0) is 14.3. The number of benzene rings is 2. The molecule has 1 N–H and O–H groups in total. The third-order valence-corrected chi connectivity index (χ3v) is 4.10. The summed E-state index contributed by atoms with van der Waals surface area (Å²) in [6.45, 7) is 1.56. The van der Waals surface area contributed by atoms with E-state index in [0.29, 0.717) is 12.6 Å². The molecule has 0 unspecified atom stereocenters. The predicted molar refractivity (Wildman–Crippen MR) is 86.3 cm³/mol. The summed E-state index contributed by atoms with van der Waals surface area (Å²) < 4.78 is 5.88. The quantitative estimate of drug-likeness (QED) is 0.852. The van der Waals surface area contributed by atoms with Crippen molar-refractivity contribution in [1.82, 2.24) is 5.32 Å². The van der Waals surface area contributed by atoms with Crippen LogP contribution in [0, 0.1) is 0 Å². The van der Waals surface area contributed by atoms with Crippen molar-refractivity contribution in [3.8, 4) is 5.75 Å². The highest BCUT2D eigenvalue weighted by atomic mass is 16.5. The van der Waals surface area contributed by atoms with Crippen LogP contribution in [0.1, 0.15) is 36.8 Å². The molecule has 2 aromatic rings. The van der Waals surface area contributed by atoms with E-state index in [2.05, 4.69) is 35.6 Å². The average molecular weight is 281 g/mol. The molecule has 0 heterocycles. The Bertz CT molecular complexity index is 547. The van der Waals surface area contributed by atoms with Gasteiger partial charge in [0.05, 0.1) is 0 Å². The lowest BCUT2D eigenvalue weighted by Crippen LogP contribution is -2.25. The third kappa shape index (κ3) is 4.33. The fraction of sp³-hybridized carbons (Fsp3) is 0.368. The maximum absolute atomic E-state index is 5.88. The van der Waals surface area contributed by atoms with E-state index < -0.39 is 0 Å². The molecule has 0 bridgehead atoms. The predicted octanol–water partition coefficient (Wildman–Crippen LogP) is 4.30. The van der Waals surface area contributed by atoms with Gasteiger partial charge in [-0.05, 0) is 36.1 Å². The van der Waals surface area contributed by atoms with Gasteiger partial charge in [-0.3, -0.25) is 0 Å². The van der Waals surface area contributed by atoms with E-state index in [4.69, 9.17) is 4.74 Å². The summed E-state index contributed by atoms with van der Waals surface area (Å²) in [7, 11) is 0. The molecule has 0 atom stereocenters. The van der Waals surface area contributed by atoms with Gasteiger partial charge in [0.15, 0.2) is 0 Å². The first-order valence-corrected chi connectivity index (χ1v) is 7.89. The van der Waals surface area contributed by atoms with Gasteiger partial charge in [0.1, 0.15) is 12.4 Å². The number of ether oxygens (including phenoxy) is 1. The van der Waals surface area contributed by atoms with Crippen molar-refractivity contribution in [2.45, 2.75) is 44.9 Å². The highest BCUT2D eigenvalue weighted by Crippen LogP contribution is 2.19. The molecule has 0 radical (unpaired) electrons. The summed E-state index contributed by atoms with van der Waals surface area (Å²) >= 11 is 0. The van der Waals surface area contributed by atoms with E-state index in [-0.39, 0.29) is 0 Å². The fourth-order valence-electron chi connectivity index (χ4n) is 2.88. The van der Waals surface area contributed by atoms with Crippen molar-refractivity contribution in [2.75, 3.05) is 0 Å². The number of hydrogen-bond donors (Lipinski definition) is 1. The Hall–Kier alpha value is -1.80. The van der Waals surface area contributed by atoms with Crippen LogP contribution >= 0.6 is 0 Å². The lowest BCUT2D eigenvalue weighted by Gasteiger charge is -2.13. The van der Waals surface area contributed by atoms with Gasteiger partial charge in [0, 0.05) is 12.6 Å². The van der Waals surface area contributed by atoms with Crippen LogP contribution in [0.25, 0.3) is 0 Å². The van der Waals surface area contributed by atoms with Crippen LogP contribution in [-0.4, -0.2) is 6.04 Å². The first-order chi connectivity index (χ1) is 10.4. The minimum Gasteiger partial charge on any atom is -0.489 e. The van der Waals surface area contributed by atoms with Crippen LogP contribution in [0.4, 0.5) is 0 Å². The SMILES string of the molecule is c1ccc(COc2cccc(CNC3CCCC3)c2)cc1. The van der Waals surface area contributed by atoms with Gasteiger partial charge in [-0.1, -0.05) is 55.3 Å². The molecule has 3 rings (SSSR count). The highest BCUT2D eigenvalue weighted by Gasteiger charge is 2.13. The van der Waals surface area contributed by atoms with E-state index in [0.717, 1.165) is 12.3 Å².